The van der Waals surface area contributed by atoms with Gasteiger partial charge in [-0.15, -0.1) is 0 Å². The summed E-state index contributed by atoms with van der Waals surface area (Å²) in [6, 6.07) is 13.7. The van der Waals surface area contributed by atoms with Crippen molar-refractivity contribution in [3.63, 3.8) is 0 Å². The van der Waals surface area contributed by atoms with Crippen LogP contribution in [0.2, 0.25) is 0 Å². The van der Waals surface area contributed by atoms with E-state index >= 15 is 0 Å². The standard InChI is InChI=1S/C23H31N3O3/c1-23(2,3)29-22(28)26(17-21-16-20(18-27)11-14-25-21)15-7-12-24-13-10-19-8-5-4-6-9-19/h4-6,8-9,11,14,16,18,24H,7,10,12-13,15,17H2,1-3H3. The number of nitrogens with zero attached hydrogens (tertiary/aromatic N) is 2. The molecular weight excluding hydrogens is 366 g/mol. The van der Waals surface area contributed by atoms with Crippen LogP contribution in [0.15, 0.2) is 48.7 Å². The van der Waals surface area contributed by atoms with Crippen molar-refractivity contribution >= 4 is 12.4 Å². The molecule has 1 N–H and O–H groups in total. The number of aldehydes is 1. The Bertz CT molecular complexity index is 772. The maximum atomic E-state index is 12.6. The highest BCUT2D eigenvalue weighted by Crippen LogP contribution is 2.13. The molecule has 0 aliphatic carbocycles. The predicted molar refractivity (Wildman–Crippen MR) is 114 cm³/mol. The normalized spacial score (nSPS) is 11.1. The summed E-state index contributed by atoms with van der Waals surface area (Å²) in [4.78, 5) is 29.5. The van der Waals surface area contributed by atoms with Gasteiger partial charge in [0.2, 0.25) is 0 Å². The van der Waals surface area contributed by atoms with Crippen LogP contribution < -0.4 is 5.32 Å². The molecule has 1 aromatic carbocycles. The number of ether oxygens (including phenoxy) is 1. The molecule has 0 saturated carbocycles. The van der Waals surface area contributed by atoms with Gasteiger partial charge in [-0.05, 0) is 64.4 Å². The SMILES string of the molecule is CC(C)(C)OC(=O)N(CCCNCCc1ccccc1)Cc1cc(C=O)ccn1. The van der Waals surface area contributed by atoms with Gasteiger partial charge in [0.1, 0.15) is 11.9 Å². The fraction of sp³-hybridized carbons (Fsp3) is 0.435. The third-order valence-corrected chi connectivity index (χ3v) is 4.20. The minimum Gasteiger partial charge on any atom is -0.444 e. The molecule has 6 heteroatoms. The molecule has 29 heavy (non-hydrogen) atoms. The smallest absolute Gasteiger partial charge is 0.410 e. The molecule has 1 amide bonds. The summed E-state index contributed by atoms with van der Waals surface area (Å²) < 4.78 is 5.53. The summed E-state index contributed by atoms with van der Waals surface area (Å²) in [6.07, 6.45) is 3.75. The van der Waals surface area contributed by atoms with Gasteiger partial charge in [-0.1, -0.05) is 30.3 Å². The number of benzene rings is 1. The maximum absolute atomic E-state index is 12.6. The zero-order valence-electron chi connectivity index (χ0n) is 17.6. The molecule has 2 aromatic rings. The lowest BCUT2D eigenvalue weighted by Gasteiger charge is -2.27. The number of carbonyl (C=O) groups is 2. The summed E-state index contributed by atoms with van der Waals surface area (Å²) in [5, 5.41) is 3.42. The number of nitrogens with one attached hydrogen (secondary N) is 1. The Labute approximate surface area is 173 Å². The van der Waals surface area contributed by atoms with Gasteiger partial charge in [0.25, 0.3) is 0 Å². The number of hydrogen-bond acceptors (Lipinski definition) is 5. The van der Waals surface area contributed by atoms with Crippen molar-refractivity contribution < 1.29 is 14.3 Å². The number of hydrogen-bond donors (Lipinski definition) is 1. The maximum Gasteiger partial charge on any atom is 0.410 e. The van der Waals surface area contributed by atoms with Gasteiger partial charge >= 0.3 is 6.09 Å². The van der Waals surface area contributed by atoms with Crippen LogP contribution in [0.25, 0.3) is 0 Å². The molecule has 0 aliphatic heterocycles. The van der Waals surface area contributed by atoms with Crippen LogP contribution in [-0.2, 0) is 17.7 Å². The van der Waals surface area contributed by atoms with Crippen LogP contribution in [0.1, 0.15) is 48.8 Å². The lowest BCUT2D eigenvalue weighted by atomic mass is 10.1. The number of pyridine rings is 1. The lowest BCUT2D eigenvalue weighted by molar-refractivity contribution is 0.0229. The van der Waals surface area contributed by atoms with Gasteiger partial charge in [-0.25, -0.2) is 4.79 Å². The van der Waals surface area contributed by atoms with Crippen LogP contribution in [0.3, 0.4) is 0 Å². The number of aromatic nitrogens is 1. The van der Waals surface area contributed by atoms with Crippen LogP contribution in [0, 0.1) is 0 Å². The summed E-state index contributed by atoms with van der Waals surface area (Å²) in [5.74, 6) is 0. The molecule has 2 rings (SSSR count). The molecule has 0 aliphatic rings. The molecular formula is C23H31N3O3. The minimum atomic E-state index is -0.568. The molecule has 0 unspecified atom stereocenters. The number of carbonyl (C=O) groups excluding carboxylic acids is 2. The Kier molecular flexibility index (Phi) is 8.80. The van der Waals surface area contributed by atoms with E-state index in [0.29, 0.717) is 24.3 Å². The Balaban J connectivity index is 1.85. The average molecular weight is 398 g/mol. The van der Waals surface area contributed by atoms with E-state index in [1.54, 1.807) is 23.2 Å². The van der Waals surface area contributed by atoms with Crippen molar-refractivity contribution in [2.45, 2.75) is 45.8 Å². The Morgan fingerprint density at radius 2 is 1.93 bits per heavy atom. The third kappa shape index (κ3) is 8.87. The first-order valence-electron chi connectivity index (χ1n) is 10.00. The van der Waals surface area contributed by atoms with Crippen LogP contribution in [0.5, 0.6) is 0 Å². The molecule has 0 radical (unpaired) electrons. The molecule has 0 fully saturated rings. The lowest BCUT2D eigenvalue weighted by Crippen LogP contribution is -2.38. The second kappa shape index (κ2) is 11.3. The van der Waals surface area contributed by atoms with E-state index in [9.17, 15) is 9.59 Å². The van der Waals surface area contributed by atoms with Gasteiger partial charge in [0, 0.05) is 18.3 Å². The van der Waals surface area contributed by atoms with E-state index in [0.717, 1.165) is 32.2 Å². The van der Waals surface area contributed by atoms with E-state index in [4.69, 9.17) is 4.74 Å². The highest BCUT2D eigenvalue weighted by atomic mass is 16.6. The molecule has 156 valence electrons. The molecule has 1 aromatic heterocycles. The third-order valence-electron chi connectivity index (χ3n) is 4.20. The van der Waals surface area contributed by atoms with Crippen LogP contribution >= 0.6 is 0 Å². The monoisotopic (exact) mass is 397 g/mol. The first-order chi connectivity index (χ1) is 13.9. The fourth-order valence-electron chi connectivity index (χ4n) is 2.81. The zero-order valence-corrected chi connectivity index (χ0v) is 17.6. The summed E-state index contributed by atoms with van der Waals surface area (Å²) in [7, 11) is 0. The van der Waals surface area contributed by atoms with Gasteiger partial charge in [0.15, 0.2) is 0 Å². The van der Waals surface area contributed by atoms with E-state index in [2.05, 4.69) is 22.4 Å². The molecule has 0 spiro atoms. The second-order valence-corrected chi connectivity index (χ2v) is 7.94. The fourth-order valence-corrected chi connectivity index (χ4v) is 2.81. The highest BCUT2D eigenvalue weighted by Gasteiger charge is 2.22. The van der Waals surface area contributed by atoms with E-state index in [1.807, 2.05) is 39.0 Å². The van der Waals surface area contributed by atoms with Crippen molar-refractivity contribution in [2.24, 2.45) is 0 Å². The van der Waals surface area contributed by atoms with Crippen LogP contribution in [0.4, 0.5) is 4.79 Å². The summed E-state index contributed by atoms with van der Waals surface area (Å²) in [6.45, 7) is 8.08. The molecule has 1 heterocycles. The Morgan fingerprint density at radius 3 is 2.62 bits per heavy atom. The van der Waals surface area contributed by atoms with Crippen LogP contribution in [-0.4, -0.2) is 47.5 Å². The highest BCUT2D eigenvalue weighted by molar-refractivity contribution is 5.74. The van der Waals surface area contributed by atoms with Gasteiger partial charge in [-0.3, -0.25) is 9.78 Å². The first-order valence-corrected chi connectivity index (χ1v) is 10.00. The second-order valence-electron chi connectivity index (χ2n) is 7.94. The van der Waals surface area contributed by atoms with Crippen molar-refractivity contribution in [1.82, 2.24) is 15.2 Å². The Morgan fingerprint density at radius 1 is 1.17 bits per heavy atom. The quantitative estimate of drug-likeness (QED) is 0.487. The first kappa shape index (κ1) is 22.6. The number of rotatable bonds is 10. The van der Waals surface area contributed by atoms with Crippen molar-refractivity contribution in [3.8, 4) is 0 Å². The topological polar surface area (TPSA) is 71.5 Å². The largest absolute Gasteiger partial charge is 0.444 e. The summed E-state index contributed by atoms with van der Waals surface area (Å²) in [5.41, 5.74) is 1.94. The molecule has 6 nitrogen and oxygen atoms in total. The minimum absolute atomic E-state index is 0.306. The van der Waals surface area contributed by atoms with E-state index in [1.165, 1.54) is 5.56 Å². The Hall–Kier alpha value is -2.73. The zero-order chi connectivity index (χ0) is 21.1. The summed E-state index contributed by atoms with van der Waals surface area (Å²) >= 11 is 0. The number of amides is 1. The average Bonchev–Trinajstić information content (AvgIpc) is 2.69. The molecule has 0 bridgehead atoms. The van der Waals surface area contributed by atoms with Crippen molar-refractivity contribution in [2.75, 3.05) is 19.6 Å². The van der Waals surface area contributed by atoms with Gasteiger partial charge in [-0.2, -0.15) is 0 Å². The van der Waals surface area contributed by atoms with Gasteiger partial charge in [0.05, 0.1) is 12.2 Å². The molecule has 0 atom stereocenters. The predicted octanol–water partition coefficient (Wildman–Crippen LogP) is 3.85. The molecule has 0 saturated heterocycles. The van der Waals surface area contributed by atoms with E-state index in [-0.39, 0.29) is 6.09 Å². The van der Waals surface area contributed by atoms with E-state index < -0.39 is 5.60 Å². The van der Waals surface area contributed by atoms with Crippen molar-refractivity contribution in [1.29, 1.82) is 0 Å². The van der Waals surface area contributed by atoms with Crippen molar-refractivity contribution in [3.05, 3.63) is 65.5 Å². The van der Waals surface area contributed by atoms with Gasteiger partial charge < -0.3 is 15.0 Å².